The van der Waals surface area contributed by atoms with Gasteiger partial charge in [-0.3, -0.25) is 4.79 Å². The molecule has 1 heterocycles. The maximum Gasteiger partial charge on any atom is 0.457 e. The Bertz CT molecular complexity index is 1420. The number of ketones is 1. The minimum absolute atomic E-state index is 0.0185. The molecule has 3 fully saturated rings. The fourth-order valence-corrected chi connectivity index (χ4v) is 9.65. The molecule has 5 aliphatic rings. The van der Waals surface area contributed by atoms with Gasteiger partial charge in [0, 0.05) is 37.0 Å². The predicted molar refractivity (Wildman–Crippen MR) is 163 cm³/mol. The maximum absolute atomic E-state index is 13.8. The number of nitrogens with zero attached hydrogens (tertiary/aromatic N) is 2. The van der Waals surface area contributed by atoms with Gasteiger partial charge in [-0.1, -0.05) is 49.6 Å². The number of hydrogen-bond donors (Lipinski definition) is 1. The van der Waals surface area contributed by atoms with Gasteiger partial charge in [-0.2, -0.15) is 13.2 Å². The van der Waals surface area contributed by atoms with Gasteiger partial charge in [-0.15, -0.1) is 0 Å². The summed E-state index contributed by atoms with van der Waals surface area (Å²) in [5.41, 5.74) is 5.05. The molecule has 0 spiro atoms. The number of benzene rings is 1. The Morgan fingerprint density at radius 1 is 1.14 bits per heavy atom. The number of carbonyl (C=O) groups excluding carboxylic acids is 1. The molecule has 6 atom stereocenters. The summed E-state index contributed by atoms with van der Waals surface area (Å²) in [5.74, 6) is 4.50. The normalized spacial score (nSPS) is 35.0. The van der Waals surface area contributed by atoms with Gasteiger partial charge < -0.3 is 10.1 Å². The number of rotatable bonds is 4. The lowest BCUT2D eigenvalue weighted by Crippen LogP contribution is -2.51. The van der Waals surface area contributed by atoms with Gasteiger partial charge in [-0.05, 0) is 116 Å². The Hall–Kier alpha value is -3.01. The molecule has 1 unspecified atom stereocenters. The third-order valence-electron chi connectivity index (χ3n) is 11.7. The van der Waals surface area contributed by atoms with Crippen molar-refractivity contribution in [3.63, 3.8) is 0 Å². The summed E-state index contributed by atoms with van der Waals surface area (Å²) in [6.45, 7) is 8.15. The number of halogens is 3. The molecule has 1 saturated heterocycles. The van der Waals surface area contributed by atoms with Gasteiger partial charge in [0.2, 0.25) is 0 Å². The van der Waals surface area contributed by atoms with Crippen LogP contribution in [0.1, 0.15) is 96.5 Å². The number of piperidine rings is 1. The zero-order valence-electron chi connectivity index (χ0n) is 25.6. The highest BCUT2D eigenvalue weighted by Crippen LogP contribution is 2.70. The maximum atomic E-state index is 13.8. The van der Waals surface area contributed by atoms with Crippen molar-refractivity contribution in [1.29, 1.82) is 0 Å². The average Bonchev–Trinajstić information content (AvgIpc) is 3.32. The number of Topliss-reactive ketones (excluding diaryl/α,β-unsaturated/α-hetero) is 1. The minimum atomic E-state index is -4.64. The molecule has 43 heavy (non-hydrogen) atoms. The minimum Gasteiger partial charge on any atom is -0.411 e. The van der Waals surface area contributed by atoms with Crippen LogP contribution in [-0.2, 0) is 4.79 Å². The van der Waals surface area contributed by atoms with Crippen molar-refractivity contribution < 1.29 is 23.2 Å². The van der Waals surface area contributed by atoms with Gasteiger partial charge in [0.05, 0.1) is 11.1 Å². The summed E-state index contributed by atoms with van der Waals surface area (Å²) >= 11 is 0. The third kappa shape index (κ3) is 5.03. The number of carbonyl (C=O) groups is 1. The van der Waals surface area contributed by atoms with E-state index in [1.165, 1.54) is 41.7 Å². The van der Waals surface area contributed by atoms with E-state index in [0.717, 1.165) is 31.5 Å². The van der Waals surface area contributed by atoms with Crippen molar-refractivity contribution in [2.24, 2.45) is 33.7 Å². The van der Waals surface area contributed by atoms with Gasteiger partial charge in [-0.25, -0.2) is 0 Å². The van der Waals surface area contributed by atoms with Crippen LogP contribution in [0.5, 0.6) is 0 Å². The first-order chi connectivity index (χ1) is 20.5. The van der Waals surface area contributed by atoms with Crippen LogP contribution >= 0.6 is 0 Å². The van der Waals surface area contributed by atoms with E-state index in [2.05, 4.69) is 54.1 Å². The number of anilines is 1. The molecule has 6 rings (SSSR count). The number of alkyl halides is 3. The van der Waals surface area contributed by atoms with E-state index in [0.29, 0.717) is 31.4 Å². The van der Waals surface area contributed by atoms with Crippen molar-refractivity contribution in [2.75, 3.05) is 18.0 Å². The molecule has 0 amide bonds. The van der Waals surface area contributed by atoms with Crippen LogP contribution in [0.15, 0.2) is 52.2 Å². The van der Waals surface area contributed by atoms with Crippen molar-refractivity contribution in [3.8, 4) is 11.8 Å². The van der Waals surface area contributed by atoms with E-state index in [-0.39, 0.29) is 35.9 Å². The predicted octanol–water partition coefficient (Wildman–Crippen LogP) is 8.61. The average molecular weight is 593 g/mol. The van der Waals surface area contributed by atoms with Gasteiger partial charge in [0.25, 0.3) is 0 Å². The first-order valence-electron chi connectivity index (χ1n) is 16.2. The lowest BCUT2D eigenvalue weighted by atomic mass is 9.47. The first-order valence-corrected chi connectivity index (χ1v) is 16.2. The van der Waals surface area contributed by atoms with Crippen molar-refractivity contribution in [2.45, 2.75) is 97.1 Å². The third-order valence-corrected chi connectivity index (χ3v) is 11.7. The summed E-state index contributed by atoms with van der Waals surface area (Å²) in [4.78, 5) is 16.2. The number of allylic oxidation sites excluding steroid dienone is 4. The zero-order chi connectivity index (χ0) is 30.6. The van der Waals surface area contributed by atoms with Crippen LogP contribution < -0.4 is 4.90 Å². The number of fused-ring (bicyclic) bond motifs is 4. The molecule has 1 N–H and O–H groups in total. The van der Waals surface area contributed by atoms with E-state index in [9.17, 15) is 23.2 Å². The van der Waals surface area contributed by atoms with Crippen molar-refractivity contribution >= 4 is 17.2 Å². The molecule has 7 heteroatoms. The van der Waals surface area contributed by atoms with Crippen LogP contribution in [0.2, 0.25) is 0 Å². The molecule has 230 valence electrons. The van der Waals surface area contributed by atoms with E-state index >= 15 is 0 Å². The highest BCUT2D eigenvalue weighted by Gasteiger charge is 2.65. The first kappa shape index (κ1) is 30.0. The molecular formula is C36H43F3N2O2. The second kappa shape index (κ2) is 11.2. The zero-order valence-corrected chi connectivity index (χ0v) is 25.6. The van der Waals surface area contributed by atoms with Crippen LogP contribution in [0, 0.1) is 40.4 Å². The summed E-state index contributed by atoms with van der Waals surface area (Å²) < 4.78 is 40.7. The van der Waals surface area contributed by atoms with Gasteiger partial charge >= 0.3 is 6.18 Å². The molecular weight excluding hydrogens is 549 g/mol. The number of hydrogen-bond acceptors (Lipinski definition) is 4. The van der Waals surface area contributed by atoms with E-state index in [1.807, 2.05) is 6.08 Å². The van der Waals surface area contributed by atoms with E-state index < -0.39 is 17.0 Å². The summed E-state index contributed by atoms with van der Waals surface area (Å²) in [6, 6.07) is 8.84. The standard InChI is InChI=1S/C36H43F3N2O2/c1-4-32(42)35(16-17-36(37,38)39)15-14-31-29-20-23(2)28-21-25(40-43)10-13-27(28)33(29)30(22-34(31,35)3)24-8-11-26(12-9-24)41-18-6-5-7-19-41/h8-9,11-12,21,23,29-31,43H,4-7,10,13-15,18-20,22H2,1-3H3/t23?,29-,30+,31-,34-,35-/m0/s1. The Balaban J connectivity index is 1.51. The Kier molecular flexibility index (Phi) is 7.80. The highest BCUT2D eigenvalue weighted by molar-refractivity contribution is 5.97. The molecule has 0 radical (unpaired) electrons. The van der Waals surface area contributed by atoms with Gasteiger partial charge in [0.1, 0.15) is 0 Å². The van der Waals surface area contributed by atoms with Crippen molar-refractivity contribution in [3.05, 3.63) is 52.6 Å². The molecule has 0 bridgehead atoms. The van der Waals surface area contributed by atoms with Crippen LogP contribution in [0.25, 0.3) is 0 Å². The molecule has 4 nitrogen and oxygen atoms in total. The summed E-state index contributed by atoms with van der Waals surface area (Å²) in [6.07, 6.45) is 5.23. The van der Waals surface area contributed by atoms with E-state index in [4.69, 9.17) is 0 Å². The fourth-order valence-electron chi connectivity index (χ4n) is 9.65. The Morgan fingerprint density at radius 2 is 1.86 bits per heavy atom. The van der Waals surface area contributed by atoms with Crippen molar-refractivity contribution in [1.82, 2.24) is 0 Å². The molecule has 2 saturated carbocycles. The lowest BCUT2D eigenvalue weighted by molar-refractivity contribution is -0.132. The Morgan fingerprint density at radius 3 is 2.51 bits per heavy atom. The molecule has 1 aromatic carbocycles. The van der Waals surface area contributed by atoms with Crippen LogP contribution in [-0.4, -0.2) is 36.0 Å². The quantitative estimate of drug-likeness (QED) is 0.216. The lowest BCUT2D eigenvalue weighted by Gasteiger charge is -2.55. The second-order valence-corrected chi connectivity index (χ2v) is 13.8. The molecule has 1 aromatic rings. The van der Waals surface area contributed by atoms with E-state index in [1.54, 1.807) is 12.8 Å². The monoisotopic (exact) mass is 592 g/mol. The molecule has 1 aliphatic heterocycles. The topological polar surface area (TPSA) is 52.9 Å². The second-order valence-electron chi connectivity index (χ2n) is 13.8. The Labute approximate surface area is 253 Å². The fraction of sp³-hybridized carbons (Fsp3) is 0.611. The molecule has 4 aliphatic carbocycles. The van der Waals surface area contributed by atoms with Crippen LogP contribution in [0.4, 0.5) is 18.9 Å². The largest absolute Gasteiger partial charge is 0.457 e. The SMILES string of the molecule is CCC(=O)[C@@]1(C#CC(F)(F)F)CC[C@H]2[C@@H]3CC(C)C4=CC(=NO)CCC4=C3[C@@H](c3ccc(N4CCCCC4)cc3)C[C@@]21C. The number of oxime groups is 1. The van der Waals surface area contributed by atoms with Crippen LogP contribution in [0.3, 0.4) is 0 Å². The summed E-state index contributed by atoms with van der Waals surface area (Å²) in [7, 11) is 0. The summed E-state index contributed by atoms with van der Waals surface area (Å²) in [5, 5.41) is 13.1. The molecule has 0 aromatic heterocycles. The smallest absolute Gasteiger partial charge is 0.411 e. The highest BCUT2D eigenvalue weighted by atomic mass is 19.4. The van der Waals surface area contributed by atoms with Gasteiger partial charge in [0.15, 0.2) is 5.78 Å².